The van der Waals surface area contributed by atoms with E-state index in [1.54, 1.807) is 7.11 Å². The molecule has 0 atom stereocenters. The molecule has 0 unspecified atom stereocenters. The summed E-state index contributed by atoms with van der Waals surface area (Å²) in [4.78, 5) is 2.57. The van der Waals surface area contributed by atoms with Crippen LogP contribution in [0.15, 0.2) is 0 Å². The Morgan fingerprint density at radius 1 is 1.83 bits per heavy atom. The van der Waals surface area contributed by atoms with Crippen LogP contribution in [-0.2, 0) is 4.74 Å². The normalized spacial score (nSPS) is 6.17. The molecular weight excluding hydrogens is 143 g/mol. The van der Waals surface area contributed by atoms with Crippen LogP contribution in [0, 0.1) is 10.7 Å². The molecule has 0 aromatic heterocycles. The Morgan fingerprint density at radius 2 is 2.50 bits per heavy atom. The number of methoxy groups -OCH3 is 1. The second-order valence-electron chi connectivity index (χ2n) is 0.712. The molecule has 0 fully saturated rings. The van der Waals surface area contributed by atoms with Gasteiger partial charge in [0, 0.05) is 0 Å². The van der Waals surface area contributed by atoms with Crippen molar-refractivity contribution in [2.45, 2.75) is 0 Å². The molecule has 0 aliphatic rings. The van der Waals surface area contributed by atoms with Crippen LogP contribution in [0.25, 0.3) is 0 Å². The molecule has 34 valence electrons. The third kappa shape index (κ3) is 4.04. The van der Waals surface area contributed by atoms with Crippen LogP contribution in [0.2, 0.25) is 0 Å². The minimum atomic E-state index is 0.521. The van der Waals surface area contributed by atoms with Crippen LogP contribution in [0.3, 0.4) is 0 Å². The topological polar surface area (TPSA) is 9.23 Å². The summed E-state index contributed by atoms with van der Waals surface area (Å²) in [5, 5.41) is 0. The number of ether oxygens (including phenoxy) is 1. The summed E-state index contributed by atoms with van der Waals surface area (Å²) in [7, 11) is 1.62. The fraction of sp³-hybridized carbons (Fsp3) is 0.500. The fourth-order valence-electron chi connectivity index (χ4n) is 0.102. The van der Waals surface area contributed by atoms with E-state index in [1.807, 2.05) is 0 Å². The van der Waals surface area contributed by atoms with Gasteiger partial charge in [0.15, 0.2) is 0 Å². The van der Waals surface area contributed by atoms with Crippen LogP contribution in [-0.4, -0.2) is 29.7 Å². The first-order valence-corrected chi connectivity index (χ1v) is 2.36. The second kappa shape index (κ2) is 5.04. The maximum absolute atomic E-state index is 4.59. The Morgan fingerprint density at radius 3 is 2.67 bits per heavy atom. The van der Waals surface area contributed by atoms with Gasteiger partial charge in [-0.05, 0) is 0 Å². The van der Waals surface area contributed by atoms with Gasteiger partial charge in [0.1, 0.15) is 0 Å². The van der Waals surface area contributed by atoms with Crippen molar-refractivity contribution in [3.8, 4) is 10.7 Å². The van der Waals surface area contributed by atoms with E-state index in [1.165, 1.54) is 0 Å². The number of hydrogen-bond acceptors (Lipinski definition) is 1. The van der Waals surface area contributed by atoms with E-state index in [9.17, 15) is 0 Å². The molecule has 0 N–H and O–H groups in total. The van der Waals surface area contributed by atoms with Crippen molar-refractivity contribution in [2.75, 3.05) is 13.7 Å². The van der Waals surface area contributed by atoms with Crippen molar-refractivity contribution in [1.82, 2.24) is 0 Å². The van der Waals surface area contributed by atoms with Crippen molar-refractivity contribution in [3.05, 3.63) is 0 Å². The van der Waals surface area contributed by atoms with Crippen molar-refractivity contribution in [1.29, 1.82) is 0 Å². The van der Waals surface area contributed by atoms with Crippen molar-refractivity contribution < 1.29 is 4.74 Å². The van der Waals surface area contributed by atoms with Crippen molar-refractivity contribution >= 4 is 16.0 Å². The molecule has 1 nitrogen and oxygen atoms in total. The summed E-state index contributed by atoms with van der Waals surface area (Å²) in [5.74, 6) is 2.67. The zero-order chi connectivity index (χ0) is 4.83. The molecular formula is C4H5OSe-. The van der Waals surface area contributed by atoms with E-state index in [0.717, 1.165) is 0 Å². The molecule has 0 aromatic carbocycles. The third-order valence-corrected chi connectivity index (χ3v) is 0.592. The van der Waals surface area contributed by atoms with Crippen LogP contribution >= 0.6 is 0 Å². The second-order valence-corrected chi connectivity index (χ2v) is 1.14. The summed E-state index contributed by atoms with van der Waals surface area (Å²) in [6.07, 6.45) is 0. The molecule has 0 rings (SSSR count). The van der Waals surface area contributed by atoms with Gasteiger partial charge in [0.2, 0.25) is 0 Å². The van der Waals surface area contributed by atoms with E-state index in [-0.39, 0.29) is 0 Å². The summed E-state index contributed by atoms with van der Waals surface area (Å²) in [6.45, 7) is 0.521. The van der Waals surface area contributed by atoms with Crippen molar-refractivity contribution in [2.24, 2.45) is 0 Å². The monoisotopic (exact) mass is 149 g/mol. The molecule has 6 heavy (non-hydrogen) atoms. The SMILES string of the molecule is COCC#C[Se-]. The Bertz CT molecular complexity index is 69.4. The molecule has 0 radical (unpaired) electrons. The molecule has 0 bridgehead atoms. The standard InChI is InChI=1S/C4H6OSe/c1-5-3-2-4-6/h6H,3H2,1H3/p-1. The van der Waals surface area contributed by atoms with Crippen molar-refractivity contribution in [3.63, 3.8) is 0 Å². The molecule has 0 aromatic rings. The van der Waals surface area contributed by atoms with Crippen LogP contribution in [0.1, 0.15) is 0 Å². The minimum absolute atomic E-state index is 0.521. The predicted octanol–water partition coefficient (Wildman–Crippen LogP) is -0.238. The first-order chi connectivity index (χ1) is 2.91. The quantitative estimate of drug-likeness (QED) is 0.368. The molecule has 0 saturated carbocycles. The van der Waals surface area contributed by atoms with Crippen LogP contribution in [0.4, 0.5) is 0 Å². The molecule has 0 spiro atoms. The van der Waals surface area contributed by atoms with Gasteiger partial charge in [-0.25, -0.2) is 0 Å². The third-order valence-electron chi connectivity index (χ3n) is 0.289. The van der Waals surface area contributed by atoms with Gasteiger partial charge in [0.25, 0.3) is 0 Å². The Kier molecular flexibility index (Phi) is 5.07. The van der Waals surface area contributed by atoms with Gasteiger partial charge < -0.3 is 0 Å². The van der Waals surface area contributed by atoms with Gasteiger partial charge in [-0.15, -0.1) is 0 Å². The summed E-state index contributed by atoms with van der Waals surface area (Å²) in [5.41, 5.74) is 0. The number of rotatable bonds is 1. The molecule has 0 saturated heterocycles. The summed E-state index contributed by atoms with van der Waals surface area (Å²) < 4.78 is 4.59. The van der Waals surface area contributed by atoms with Gasteiger partial charge in [-0.1, -0.05) is 0 Å². The Labute approximate surface area is 45.9 Å². The average molecular weight is 148 g/mol. The van der Waals surface area contributed by atoms with Gasteiger partial charge in [-0.3, -0.25) is 0 Å². The summed E-state index contributed by atoms with van der Waals surface area (Å²) in [6, 6.07) is 0. The number of hydrogen-bond donors (Lipinski definition) is 0. The predicted molar refractivity (Wildman–Crippen MR) is 25.4 cm³/mol. The first-order valence-electron chi connectivity index (χ1n) is 1.50. The molecule has 2 heteroatoms. The maximum atomic E-state index is 4.59. The average Bonchev–Trinajstić information content (AvgIpc) is 1.61. The Balaban J connectivity index is 2.79. The van der Waals surface area contributed by atoms with Gasteiger partial charge >= 0.3 is 45.2 Å². The van der Waals surface area contributed by atoms with Crippen LogP contribution < -0.4 is 0 Å². The zero-order valence-electron chi connectivity index (χ0n) is 3.52. The first kappa shape index (κ1) is 6.04. The molecule has 0 amide bonds. The fourth-order valence-corrected chi connectivity index (χ4v) is 0.225. The Hall–Kier alpha value is 0.0395. The van der Waals surface area contributed by atoms with E-state index in [2.05, 4.69) is 31.5 Å². The summed E-state index contributed by atoms with van der Waals surface area (Å²) >= 11 is 2.54. The van der Waals surface area contributed by atoms with Crippen LogP contribution in [0.5, 0.6) is 0 Å². The van der Waals surface area contributed by atoms with E-state index < -0.39 is 0 Å². The van der Waals surface area contributed by atoms with E-state index in [4.69, 9.17) is 0 Å². The van der Waals surface area contributed by atoms with E-state index in [0.29, 0.717) is 6.61 Å². The zero-order valence-corrected chi connectivity index (χ0v) is 5.24. The van der Waals surface area contributed by atoms with E-state index >= 15 is 0 Å². The molecule has 0 aliphatic carbocycles. The van der Waals surface area contributed by atoms with Gasteiger partial charge in [-0.2, -0.15) is 0 Å². The molecule has 0 heterocycles. The van der Waals surface area contributed by atoms with Gasteiger partial charge in [0.05, 0.1) is 0 Å². The molecule has 0 aliphatic heterocycles.